The molecule has 0 bridgehead atoms. The first kappa shape index (κ1) is 6.22. The summed E-state index contributed by atoms with van der Waals surface area (Å²) in [6.45, 7) is 0. The van der Waals surface area contributed by atoms with Crippen molar-refractivity contribution in [2.75, 3.05) is 0 Å². The van der Waals surface area contributed by atoms with Gasteiger partial charge in [0.1, 0.15) is 0 Å². The Balaban J connectivity index is 3.05. The highest BCUT2D eigenvalue weighted by atomic mass is 32.2. The lowest BCUT2D eigenvalue weighted by Gasteiger charge is -1.91. The van der Waals surface area contributed by atoms with Crippen LogP contribution in [0.5, 0.6) is 0 Å². The van der Waals surface area contributed by atoms with Crippen LogP contribution in [0.2, 0.25) is 0 Å². The van der Waals surface area contributed by atoms with Crippen LogP contribution >= 0.6 is 0 Å². The highest BCUT2D eigenvalue weighted by Gasteiger charge is 1.95. The van der Waals surface area contributed by atoms with E-state index in [1.807, 2.05) is 0 Å². The Hall–Kier alpha value is -0.900. The molecule has 0 atom stereocenters. The summed E-state index contributed by atoms with van der Waals surface area (Å²) in [6.07, 6.45) is 5.10. The maximum Gasteiger partial charge on any atom is 0.219 e. The van der Waals surface area contributed by atoms with E-state index in [-0.39, 0.29) is 0 Å². The fraction of sp³-hybridized carbons (Fsp3) is 0.200. The van der Waals surface area contributed by atoms with Gasteiger partial charge in [-0.25, -0.2) is 0 Å². The van der Waals surface area contributed by atoms with E-state index in [1.165, 1.54) is 6.21 Å². The van der Waals surface area contributed by atoms with E-state index < -0.39 is 10.3 Å². The second-order valence-electron chi connectivity index (χ2n) is 1.57. The summed E-state index contributed by atoms with van der Waals surface area (Å²) in [5, 5.41) is 0. The van der Waals surface area contributed by atoms with Crippen molar-refractivity contribution in [2.45, 2.75) is 6.42 Å². The Morgan fingerprint density at radius 1 is 1.56 bits per heavy atom. The number of allylic oxidation sites excluding steroid dienone is 1. The summed E-state index contributed by atoms with van der Waals surface area (Å²) < 4.78 is 20.4. The molecule has 0 aromatic rings. The molecule has 0 fully saturated rings. The number of aliphatic imine (C=N–C) groups is 1. The van der Waals surface area contributed by atoms with Gasteiger partial charge >= 0.3 is 0 Å². The summed E-state index contributed by atoms with van der Waals surface area (Å²) in [5.41, 5.74) is 0. The summed E-state index contributed by atoms with van der Waals surface area (Å²) in [5.74, 6) is 0. The van der Waals surface area contributed by atoms with Gasteiger partial charge in [0.2, 0.25) is 10.3 Å². The van der Waals surface area contributed by atoms with Crippen LogP contribution in [0.15, 0.2) is 17.3 Å². The molecule has 1 aliphatic heterocycles. The van der Waals surface area contributed by atoms with Crippen LogP contribution in [-0.2, 0) is 10.3 Å². The van der Waals surface area contributed by atoms with E-state index in [0.717, 1.165) is 0 Å². The third-order valence-corrected chi connectivity index (χ3v) is 1.64. The van der Waals surface area contributed by atoms with E-state index in [2.05, 4.69) is 4.99 Å². The monoisotopic (exact) mass is 143 g/mol. The quantitative estimate of drug-likeness (QED) is 0.449. The third kappa shape index (κ3) is 1.50. The number of hydrogen-bond donors (Lipinski definition) is 0. The standard InChI is InChI=1S/C5H5NO2S/c7-9(8)5-2-1-3-6-4-5/h1,3-4H,2H2. The lowest BCUT2D eigenvalue weighted by molar-refractivity contribution is 0.627. The normalized spacial score (nSPS) is 16.2. The highest BCUT2D eigenvalue weighted by Crippen LogP contribution is 1.91. The molecular formula is C5H5NO2S. The Labute approximate surface area is 54.3 Å². The summed E-state index contributed by atoms with van der Waals surface area (Å²) in [7, 11) is -2.09. The first-order valence-electron chi connectivity index (χ1n) is 2.44. The van der Waals surface area contributed by atoms with Gasteiger partial charge in [-0.1, -0.05) is 6.08 Å². The number of nitrogens with zero attached hydrogens (tertiary/aromatic N) is 1. The Morgan fingerprint density at radius 2 is 2.33 bits per heavy atom. The predicted molar refractivity (Wildman–Crippen MR) is 36.2 cm³/mol. The average molecular weight is 143 g/mol. The molecule has 4 heteroatoms. The van der Waals surface area contributed by atoms with Gasteiger partial charge in [-0.3, -0.25) is 4.99 Å². The van der Waals surface area contributed by atoms with Gasteiger partial charge in [-0.15, -0.1) is 0 Å². The van der Waals surface area contributed by atoms with Crippen molar-refractivity contribution in [3.8, 4) is 0 Å². The minimum atomic E-state index is -2.09. The minimum absolute atomic E-state index is 0.345. The number of hydrogen-bond acceptors (Lipinski definition) is 3. The first-order chi connectivity index (χ1) is 4.30. The highest BCUT2D eigenvalue weighted by molar-refractivity contribution is 7.74. The van der Waals surface area contributed by atoms with E-state index in [0.29, 0.717) is 11.3 Å². The van der Waals surface area contributed by atoms with E-state index in [1.54, 1.807) is 12.3 Å². The summed E-state index contributed by atoms with van der Waals surface area (Å²) in [6, 6.07) is 0. The largest absolute Gasteiger partial charge is 0.264 e. The summed E-state index contributed by atoms with van der Waals surface area (Å²) >= 11 is 0. The minimum Gasteiger partial charge on any atom is -0.264 e. The van der Waals surface area contributed by atoms with Crippen molar-refractivity contribution in [1.82, 2.24) is 0 Å². The molecule has 0 aliphatic carbocycles. The smallest absolute Gasteiger partial charge is 0.219 e. The zero-order valence-corrected chi connectivity index (χ0v) is 5.43. The van der Waals surface area contributed by atoms with Gasteiger partial charge in [0, 0.05) is 18.8 Å². The topological polar surface area (TPSA) is 46.5 Å². The van der Waals surface area contributed by atoms with E-state index in [4.69, 9.17) is 0 Å². The van der Waals surface area contributed by atoms with Gasteiger partial charge in [-0.05, 0) is 0 Å². The van der Waals surface area contributed by atoms with Crippen LogP contribution in [0.4, 0.5) is 0 Å². The van der Waals surface area contributed by atoms with Gasteiger partial charge in [0.05, 0.1) is 4.86 Å². The molecule has 1 aliphatic rings. The zero-order valence-electron chi connectivity index (χ0n) is 4.61. The predicted octanol–water partition coefficient (Wildman–Crippen LogP) is 0.0261. The molecule has 0 amide bonds. The molecule has 0 N–H and O–H groups in total. The van der Waals surface area contributed by atoms with Gasteiger partial charge in [-0.2, -0.15) is 8.42 Å². The van der Waals surface area contributed by atoms with Crippen LogP contribution in [0.1, 0.15) is 6.42 Å². The maximum atomic E-state index is 10.2. The molecule has 1 rings (SSSR count). The molecule has 0 aromatic carbocycles. The molecule has 0 radical (unpaired) electrons. The van der Waals surface area contributed by atoms with Crippen LogP contribution in [0.3, 0.4) is 0 Å². The van der Waals surface area contributed by atoms with Crippen molar-refractivity contribution < 1.29 is 8.42 Å². The zero-order chi connectivity index (χ0) is 6.69. The number of rotatable bonds is 0. The molecule has 0 saturated carbocycles. The van der Waals surface area contributed by atoms with Crippen molar-refractivity contribution >= 4 is 21.4 Å². The van der Waals surface area contributed by atoms with Crippen molar-refractivity contribution in [3.05, 3.63) is 12.3 Å². The van der Waals surface area contributed by atoms with Crippen molar-refractivity contribution in [3.63, 3.8) is 0 Å². The molecule has 3 nitrogen and oxygen atoms in total. The van der Waals surface area contributed by atoms with Crippen LogP contribution in [0.25, 0.3) is 0 Å². The van der Waals surface area contributed by atoms with Gasteiger partial charge < -0.3 is 0 Å². The van der Waals surface area contributed by atoms with E-state index >= 15 is 0 Å². The molecular weight excluding hydrogens is 138 g/mol. The Bertz CT molecular complexity index is 276. The lowest BCUT2D eigenvalue weighted by Crippen LogP contribution is -2.01. The van der Waals surface area contributed by atoms with Crippen LogP contribution < -0.4 is 0 Å². The third-order valence-electron chi connectivity index (χ3n) is 0.943. The Kier molecular flexibility index (Phi) is 1.79. The Morgan fingerprint density at radius 3 is 2.67 bits per heavy atom. The SMILES string of the molecule is O=S(=O)=C1C=NC=CC1. The maximum absolute atomic E-state index is 10.2. The second kappa shape index (κ2) is 2.59. The molecule has 48 valence electrons. The van der Waals surface area contributed by atoms with Gasteiger partial charge in [0.25, 0.3) is 0 Å². The second-order valence-corrected chi connectivity index (χ2v) is 2.56. The average Bonchev–Trinajstić information content (AvgIpc) is 1.90. The molecule has 0 aromatic heterocycles. The van der Waals surface area contributed by atoms with Gasteiger partial charge in [0.15, 0.2) is 0 Å². The van der Waals surface area contributed by atoms with Crippen LogP contribution in [0, 0.1) is 0 Å². The van der Waals surface area contributed by atoms with E-state index in [9.17, 15) is 8.42 Å². The lowest BCUT2D eigenvalue weighted by atomic mass is 10.3. The molecule has 0 unspecified atom stereocenters. The van der Waals surface area contributed by atoms with Crippen molar-refractivity contribution in [2.24, 2.45) is 4.99 Å². The fourth-order valence-electron chi connectivity index (χ4n) is 0.520. The summed E-state index contributed by atoms with van der Waals surface area (Å²) in [4.78, 5) is 3.99. The fourth-order valence-corrected chi connectivity index (χ4v) is 0.899. The first-order valence-corrected chi connectivity index (χ1v) is 3.51. The molecule has 0 saturated heterocycles. The van der Waals surface area contributed by atoms with Crippen LogP contribution in [-0.4, -0.2) is 19.5 Å². The molecule has 1 heterocycles. The molecule has 9 heavy (non-hydrogen) atoms. The van der Waals surface area contributed by atoms with Crippen molar-refractivity contribution in [1.29, 1.82) is 0 Å². The molecule has 0 spiro atoms.